The molecule has 0 atom stereocenters. The summed E-state index contributed by atoms with van der Waals surface area (Å²) >= 11 is 1.00. The smallest absolute Gasteiger partial charge is 0.341 e. The Kier molecular flexibility index (Phi) is 3.82. The lowest BCUT2D eigenvalue weighted by atomic mass is 10.2. The van der Waals surface area contributed by atoms with E-state index < -0.39 is 23.0 Å². The highest BCUT2D eigenvalue weighted by atomic mass is 32.1. The summed E-state index contributed by atoms with van der Waals surface area (Å²) in [5, 5.41) is 12.1. The summed E-state index contributed by atoms with van der Waals surface area (Å²) in [4.78, 5) is 38.2. The quantitative estimate of drug-likeness (QED) is 0.581. The number of anilines is 2. The fourth-order valence-corrected chi connectivity index (χ4v) is 3.22. The molecule has 5 N–H and O–H groups in total. The Morgan fingerprint density at radius 1 is 1.25 bits per heavy atom. The number of carboxylic acid groups (broad SMARTS) is 1. The molecule has 2 aromatic heterocycles. The molecule has 1 amide bonds. The number of nitrogens with two attached hydrogens (primary N) is 1. The second-order valence-corrected chi connectivity index (χ2v) is 6.25. The van der Waals surface area contributed by atoms with Crippen LogP contribution < -0.4 is 16.6 Å². The summed E-state index contributed by atoms with van der Waals surface area (Å²) in [5.74, 6) is -1.77. The monoisotopic (exact) mass is 343 g/mol. The Morgan fingerprint density at radius 2 is 1.92 bits per heavy atom. The molecule has 0 aliphatic heterocycles. The van der Waals surface area contributed by atoms with Crippen molar-refractivity contribution >= 4 is 44.8 Å². The number of nitrogens with one attached hydrogen (secondary N) is 2. The number of aromatic carboxylic acids is 1. The highest BCUT2D eigenvalue weighted by Gasteiger charge is 2.20. The van der Waals surface area contributed by atoms with Crippen LogP contribution in [0.15, 0.2) is 35.1 Å². The average molecular weight is 343 g/mol. The summed E-state index contributed by atoms with van der Waals surface area (Å²) in [5.41, 5.74) is 6.63. The van der Waals surface area contributed by atoms with E-state index in [0.717, 1.165) is 16.9 Å². The van der Waals surface area contributed by atoms with Gasteiger partial charge in [-0.3, -0.25) is 9.59 Å². The van der Waals surface area contributed by atoms with Crippen LogP contribution in [-0.2, 0) is 0 Å². The third kappa shape index (κ3) is 2.74. The SMILES string of the molecule is Cc1ccc(NC(=O)c2sc3[nH]c(=O)c(C(=O)O)cc3c2N)cc1. The molecule has 0 saturated carbocycles. The van der Waals surface area contributed by atoms with Crippen LogP contribution in [-0.4, -0.2) is 22.0 Å². The molecule has 0 spiro atoms. The number of hydrogen-bond donors (Lipinski definition) is 4. The maximum atomic E-state index is 12.4. The van der Waals surface area contributed by atoms with E-state index in [1.807, 2.05) is 19.1 Å². The average Bonchev–Trinajstić information content (AvgIpc) is 2.85. The van der Waals surface area contributed by atoms with Crippen LogP contribution in [0, 0.1) is 6.92 Å². The number of carbonyl (C=O) groups is 2. The van der Waals surface area contributed by atoms with Gasteiger partial charge in [0.15, 0.2) is 0 Å². The molecule has 2 heterocycles. The standard InChI is InChI=1S/C16H13N3O4S/c1-7-2-4-8(5-3-7)18-14(21)12-11(17)9-6-10(16(22)23)13(20)19-15(9)24-12/h2-6H,17H2,1H3,(H,18,21)(H,19,20)(H,22,23). The van der Waals surface area contributed by atoms with Gasteiger partial charge in [0, 0.05) is 11.1 Å². The molecular formula is C16H13N3O4S. The number of carboxylic acids is 1. The molecule has 0 saturated heterocycles. The minimum atomic E-state index is -1.35. The topological polar surface area (TPSA) is 125 Å². The van der Waals surface area contributed by atoms with Gasteiger partial charge in [-0.15, -0.1) is 11.3 Å². The summed E-state index contributed by atoms with van der Waals surface area (Å²) < 4.78 is 0. The Hall–Kier alpha value is -3.13. The van der Waals surface area contributed by atoms with Crippen LogP contribution in [0.25, 0.3) is 10.2 Å². The zero-order valence-electron chi connectivity index (χ0n) is 12.5. The van der Waals surface area contributed by atoms with Gasteiger partial charge in [0.2, 0.25) is 0 Å². The number of thiophene rings is 1. The number of amides is 1. The summed E-state index contributed by atoms with van der Waals surface area (Å²) in [7, 11) is 0. The van der Waals surface area contributed by atoms with Crippen molar-refractivity contribution in [2.75, 3.05) is 11.1 Å². The number of H-pyrrole nitrogens is 1. The first-order chi connectivity index (χ1) is 11.4. The number of aromatic amines is 1. The largest absolute Gasteiger partial charge is 0.477 e. The lowest BCUT2D eigenvalue weighted by Crippen LogP contribution is -2.16. The van der Waals surface area contributed by atoms with E-state index in [0.29, 0.717) is 15.9 Å². The molecule has 0 aliphatic rings. The molecule has 24 heavy (non-hydrogen) atoms. The van der Waals surface area contributed by atoms with Crippen LogP contribution >= 0.6 is 11.3 Å². The van der Waals surface area contributed by atoms with Gasteiger partial charge in [-0.2, -0.15) is 0 Å². The zero-order valence-corrected chi connectivity index (χ0v) is 13.4. The van der Waals surface area contributed by atoms with Gasteiger partial charge in [-0.1, -0.05) is 17.7 Å². The second-order valence-electron chi connectivity index (χ2n) is 5.23. The first-order valence-corrected chi connectivity index (χ1v) is 7.75. The molecule has 122 valence electrons. The molecular weight excluding hydrogens is 330 g/mol. The molecule has 7 nitrogen and oxygen atoms in total. The minimum Gasteiger partial charge on any atom is -0.477 e. The van der Waals surface area contributed by atoms with Crippen molar-refractivity contribution < 1.29 is 14.7 Å². The van der Waals surface area contributed by atoms with E-state index >= 15 is 0 Å². The van der Waals surface area contributed by atoms with Crippen LogP contribution in [0.1, 0.15) is 25.6 Å². The van der Waals surface area contributed by atoms with Gasteiger partial charge in [0.25, 0.3) is 11.5 Å². The number of fused-ring (bicyclic) bond motifs is 1. The third-order valence-corrected chi connectivity index (χ3v) is 4.63. The van der Waals surface area contributed by atoms with Gasteiger partial charge < -0.3 is 21.1 Å². The number of benzene rings is 1. The highest BCUT2D eigenvalue weighted by Crippen LogP contribution is 2.32. The van der Waals surface area contributed by atoms with E-state index in [4.69, 9.17) is 10.8 Å². The third-order valence-electron chi connectivity index (χ3n) is 3.49. The van der Waals surface area contributed by atoms with Crippen molar-refractivity contribution in [3.8, 4) is 0 Å². The number of aryl methyl sites for hydroxylation is 1. The summed E-state index contributed by atoms with van der Waals surface area (Å²) in [6.45, 7) is 1.94. The number of rotatable bonds is 3. The summed E-state index contributed by atoms with van der Waals surface area (Å²) in [6.07, 6.45) is 0. The van der Waals surface area contributed by atoms with Crippen LogP contribution in [0.4, 0.5) is 11.4 Å². The van der Waals surface area contributed by atoms with Gasteiger partial charge >= 0.3 is 5.97 Å². The van der Waals surface area contributed by atoms with Gasteiger partial charge in [-0.05, 0) is 25.1 Å². The van der Waals surface area contributed by atoms with Crippen molar-refractivity contribution in [1.82, 2.24) is 4.98 Å². The van der Waals surface area contributed by atoms with Crippen molar-refractivity contribution in [3.63, 3.8) is 0 Å². The van der Waals surface area contributed by atoms with E-state index in [9.17, 15) is 14.4 Å². The van der Waals surface area contributed by atoms with Crippen molar-refractivity contribution in [2.24, 2.45) is 0 Å². The number of nitrogen functional groups attached to an aromatic ring is 1. The van der Waals surface area contributed by atoms with Crippen LogP contribution in [0.5, 0.6) is 0 Å². The van der Waals surface area contributed by atoms with Gasteiger partial charge in [0.05, 0.1) is 5.69 Å². The first kappa shape index (κ1) is 15.8. The van der Waals surface area contributed by atoms with Crippen molar-refractivity contribution in [1.29, 1.82) is 0 Å². The normalized spacial score (nSPS) is 10.7. The summed E-state index contributed by atoms with van der Waals surface area (Å²) in [6, 6.07) is 8.44. The molecule has 3 aromatic rings. The molecule has 0 fully saturated rings. The predicted octanol–water partition coefficient (Wildman–Crippen LogP) is 2.43. The van der Waals surface area contributed by atoms with Crippen molar-refractivity contribution in [2.45, 2.75) is 6.92 Å². The van der Waals surface area contributed by atoms with Gasteiger partial charge in [-0.25, -0.2) is 4.79 Å². The van der Waals surface area contributed by atoms with Crippen LogP contribution in [0.3, 0.4) is 0 Å². The Morgan fingerprint density at radius 3 is 2.54 bits per heavy atom. The Labute approximate surface area is 139 Å². The van der Waals surface area contributed by atoms with Crippen LogP contribution in [0.2, 0.25) is 0 Å². The fraction of sp³-hybridized carbons (Fsp3) is 0.0625. The predicted molar refractivity (Wildman–Crippen MR) is 92.9 cm³/mol. The van der Waals surface area contributed by atoms with Gasteiger partial charge in [0.1, 0.15) is 15.3 Å². The number of pyridine rings is 1. The van der Waals surface area contributed by atoms with E-state index in [1.165, 1.54) is 6.07 Å². The molecule has 3 rings (SSSR count). The fourth-order valence-electron chi connectivity index (χ4n) is 2.23. The van der Waals surface area contributed by atoms with Crippen molar-refractivity contribution in [3.05, 3.63) is 56.7 Å². The lowest BCUT2D eigenvalue weighted by Gasteiger charge is -2.04. The number of carbonyl (C=O) groups excluding carboxylic acids is 1. The number of aromatic nitrogens is 1. The molecule has 0 aliphatic carbocycles. The van der Waals surface area contributed by atoms with E-state index in [-0.39, 0.29) is 10.6 Å². The van der Waals surface area contributed by atoms with E-state index in [2.05, 4.69) is 10.3 Å². The zero-order chi connectivity index (χ0) is 17.4. The number of hydrogen-bond acceptors (Lipinski definition) is 5. The molecule has 0 unspecified atom stereocenters. The maximum absolute atomic E-state index is 12.4. The molecule has 8 heteroatoms. The first-order valence-electron chi connectivity index (χ1n) is 6.93. The highest BCUT2D eigenvalue weighted by molar-refractivity contribution is 7.21. The maximum Gasteiger partial charge on any atom is 0.341 e. The second kappa shape index (κ2) is 5.82. The molecule has 0 bridgehead atoms. The Bertz CT molecular complexity index is 1020. The molecule has 1 aromatic carbocycles. The minimum absolute atomic E-state index is 0.137. The Balaban J connectivity index is 2.01. The van der Waals surface area contributed by atoms with E-state index in [1.54, 1.807) is 12.1 Å². The lowest BCUT2D eigenvalue weighted by molar-refractivity contribution is 0.0695. The molecule has 0 radical (unpaired) electrons.